The number of halogens is 1. The normalized spacial score (nSPS) is 13.3. The highest BCUT2D eigenvalue weighted by atomic mass is 79.9. The molecule has 1 aromatic heterocycles. The van der Waals surface area contributed by atoms with Crippen LogP contribution in [-0.2, 0) is 24.3 Å². The van der Waals surface area contributed by atoms with E-state index in [-0.39, 0.29) is 23.4 Å². The van der Waals surface area contributed by atoms with Crippen LogP contribution in [0.25, 0.3) is 11.0 Å². The van der Waals surface area contributed by atoms with E-state index in [9.17, 15) is 4.79 Å². The average Bonchev–Trinajstić information content (AvgIpc) is 2.87. The van der Waals surface area contributed by atoms with Gasteiger partial charge in [0.1, 0.15) is 6.54 Å². The molecule has 96 valence electrons. The number of fused-ring (bicyclic) bond motifs is 3. The lowest BCUT2D eigenvalue weighted by molar-refractivity contribution is -0.665. The summed E-state index contributed by atoms with van der Waals surface area (Å²) in [5.41, 5.74) is 2.38. The maximum absolute atomic E-state index is 10.7. The molecule has 3 rings (SSSR count). The minimum absolute atomic E-state index is 0. The second-order valence-corrected chi connectivity index (χ2v) is 4.46. The van der Waals surface area contributed by atoms with Crippen LogP contribution in [0.2, 0.25) is 0 Å². The molecule has 1 aliphatic rings. The average molecular weight is 311 g/mol. The topological polar surface area (TPSA) is 46.1 Å². The lowest BCUT2D eigenvalue weighted by Crippen LogP contribution is -3.00. The molecule has 0 fully saturated rings. The zero-order valence-corrected chi connectivity index (χ0v) is 11.6. The Bertz CT molecular complexity index is 592. The highest BCUT2D eigenvalue weighted by molar-refractivity contribution is 5.73. The van der Waals surface area contributed by atoms with Gasteiger partial charge < -0.3 is 22.1 Å². The lowest BCUT2D eigenvalue weighted by atomic mass is 10.3. The minimum atomic E-state index is -0.737. The third-order valence-corrected chi connectivity index (χ3v) is 3.42. The molecule has 0 aliphatic carbocycles. The van der Waals surface area contributed by atoms with Crippen molar-refractivity contribution in [1.82, 2.24) is 4.57 Å². The molecular formula is C13H15BrN2O2. The molecule has 0 atom stereocenters. The van der Waals surface area contributed by atoms with E-state index in [2.05, 4.69) is 21.3 Å². The van der Waals surface area contributed by atoms with Crippen LogP contribution in [0.3, 0.4) is 0 Å². The fourth-order valence-corrected chi connectivity index (χ4v) is 2.72. The summed E-state index contributed by atoms with van der Waals surface area (Å²) in [6.45, 7) is 1.62. The van der Waals surface area contributed by atoms with E-state index in [1.165, 1.54) is 11.3 Å². The summed E-state index contributed by atoms with van der Waals surface area (Å²) in [6, 6.07) is 8.23. The predicted molar refractivity (Wildman–Crippen MR) is 62.7 cm³/mol. The monoisotopic (exact) mass is 310 g/mol. The van der Waals surface area contributed by atoms with Crippen LogP contribution in [0.1, 0.15) is 18.7 Å². The van der Waals surface area contributed by atoms with Crippen LogP contribution in [0.15, 0.2) is 24.3 Å². The van der Waals surface area contributed by atoms with Gasteiger partial charge in [-0.3, -0.25) is 4.79 Å². The Kier molecular flexibility index (Phi) is 3.71. The van der Waals surface area contributed by atoms with Crippen molar-refractivity contribution in [2.24, 2.45) is 0 Å². The summed E-state index contributed by atoms with van der Waals surface area (Å²) < 4.78 is 4.48. The smallest absolute Gasteiger partial charge is 0.307 e. The molecule has 1 N–H and O–H groups in total. The number of imidazole rings is 1. The summed E-state index contributed by atoms with van der Waals surface area (Å²) >= 11 is 0. The number of carboxylic acids is 1. The molecule has 2 aromatic rings. The number of nitrogens with zero attached hydrogens (tertiary/aromatic N) is 2. The van der Waals surface area contributed by atoms with Gasteiger partial charge in [-0.1, -0.05) is 12.1 Å². The number of carboxylic acid groups (broad SMARTS) is 1. The van der Waals surface area contributed by atoms with Crippen LogP contribution in [0, 0.1) is 0 Å². The Balaban J connectivity index is 0.00000120. The first kappa shape index (κ1) is 13.1. The summed E-state index contributed by atoms with van der Waals surface area (Å²) in [6.07, 6.45) is 2.40. The van der Waals surface area contributed by atoms with Gasteiger partial charge in [-0.25, -0.2) is 9.13 Å². The van der Waals surface area contributed by atoms with Gasteiger partial charge in [0.2, 0.25) is 0 Å². The number of hydrogen-bond donors (Lipinski definition) is 1. The van der Waals surface area contributed by atoms with Gasteiger partial charge >= 0.3 is 5.97 Å². The summed E-state index contributed by atoms with van der Waals surface area (Å²) in [4.78, 5) is 10.7. The van der Waals surface area contributed by atoms with Crippen molar-refractivity contribution in [3.8, 4) is 0 Å². The van der Waals surface area contributed by atoms with E-state index in [1.807, 2.05) is 12.1 Å². The van der Waals surface area contributed by atoms with Crippen molar-refractivity contribution in [3.05, 3.63) is 30.1 Å². The molecule has 0 saturated carbocycles. The number of rotatable bonds is 3. The lowest BCUT2D eigenvalue weighted by Gasteiger charge is -1.97. The van der Waals surface area contributed by atoms with Gasteiger partial charge in [0.05, 0.1) is 19.4 Å². The first-order chi connectivity index (χ1) is 8.27. The Hall–Kier alpha value is -1.36. The number of aryl methyl sites for hydroxylation is 2. The molecule has 0 saturated heterocycles. The number of para-hydroxylation sites is 2. The van der Waals surface area contributed by atoms with Crippen LogP contribution >= 0.6 is 0 Å². The largest absolute Gasteiger partial charge is 1.00 e. The van der Waals surface area contributed by atoms with Gasteiger partial charge in [0.15, 0.2) is 11.0 Å². The van der Waals surface area contributed by atoms with E-state index in [0.717, 1.165) is 24.9 Å². The molecule has 5 heteroatoms. The summed E-state index contributed by atoms with van der Waals surface area (Å²) in [5, 5.41) is 8.81. The van der Waals surface area contributed by atoms with Crippen LogP contribution in [0.5, 0.6) is 0 Å². The Morgan fingerprint density at radius 2 is 2.17 bits per heavy atom. The maximum Gasteiger partial charge on any atom is 0.307 e. The molecule has 4 nitrogen and oxygen atoms in total. The van der Waals surface area contributed by atoms with Gasteiger partial charge in [-0.05, 0) is 18.6 Å². The van der Waals surface area contributed by atoms with Crippen LogP contribution in [0.4, 0.5) is 0 Å². The van der Waals surface area contributed by atoms with E-state index < -0.39 is 5.97 Å². The second kappa shape index (κ2) is 5.10. The molecule has 18 heavy (non-hydrogen) atoms. The minimum Gasteiger partial charge on any atom is -1.00 e. The van der Waals surface area contributed by atoms with Gasteiger partial charge in [0, 0.05) is 0 Å². The Labute approximate surface area is 116 Å². The first-order valence-corrected chi connectivity index (χ1v) is 5.99. The van der Waals surface area contributed by atoms with E-state index in [1.54, 1.807) is 0 Å². The van der Waals surface area contributed by atoms with Crippen molar-refractivity contribution >= 4 is 17.0 Å². The highest BCUT2D eigenvalue weighted by Crippen LogP contribution is 2.19. The zero-order chi connectivity index (χ0) is 11.8. The highest BCUT2D eigenvalue weighted by Gasteiger charge is 2.28. The fourth-order valence-electron chi connectivity index (χ4n) is 2.72. The van der Waals surface area contributed by atoms with E-state index >= 15 is 0 Å². The third kappa shape index (κ3) is 2.03. The zero-order valence-electron chi connectivity index (χ0n) is 9.97. The van der Waals surface area contributed by atoms with E-state index in [4.69, 9.17) is 5.11 Å². The molecule has 0 amide bonds. The standard InChI is InChI=1S/C13H14N2O2.BrH/c16-13(17)7-9-15-11-5-2-1-4-10(11)14-8-3-6-12(14)15;/h1-2,4-5H,3,6-9H2;1H. The summed E-state index contributed by atoms with van der Waals surface area (Å²) in [5.74, 6) is 0.534. The number of carbonyl (C=O) groups is 1. The Morgan fingerprint density at radius 1 is 1.39 bits per heavy atom. The quantitative estimate of drug-likeness (QED) is 0.691. The maximum atomic E-state index is 10.7. The van der Waals surface area contributed by atoms with Crippen molar-refractivity contribution in [2.75, 3.05) is 0 Å². The van der Waals surface area contributed by atoms with Crippen molar-refractivity contribution in [2.45, 2.75) is 32.4 Å². The van der Waals surface area contributed by atoms with Gasteiger partial charge in [0.25, 0.3) is 5.82 Å². The molecular weight excluding hydrogens is 296 g/mol. The molecule has 0 spiro atoms. The fraction of sp³-hybridized carbons (Fsp3) is 0.385. The molecule has 1 aromatic carbocycles. The first-order valence-electron chi connectivity index (χ1n) is 5.99. The number of aliphatic carboxylic acids is 1. The molecule has 1 aliphatic heterocycles. The molecule has 0 unspecified atom stereocenters. The number of hydrogen-bond acceptors (Lipinski definition) is 1. The van der Waals surface area contributed by atoms with Gasteiger partial charge in [-0.15, -0.1) is 0 Å². The Morgan fingerprint density at radius 3 is 2.94 bits per heavy atom. The van der Waals surface area contributed by atoms with Crippen molar-refractivity contribution in [3.63, 3.8) is 0 Å². The van der Waals surface area contributed by atoms with Crippen molar-refractivity contribution in [1.29, 1.82) is 0 Å². The number of benzene rings is 1. The number of aromatic nitrogens is 2. The van der Waals surface area contributed by atoms with Crippen LogP contribution < -0.4 is 21.5 Å². The van der Waals surface area contributed by atoms with Gasteiger partial charge in [-0.2, -0.15) is 0 Å². The van der Waals surface area contributed by atoms with E-state index in [0.29, 0.717) is 6.54 Å². The molecule has 0 radical (unpaired) electrons. The molecule has 0 bridgehead atoms. The summed E-state index contributed by atoms with van der Waals surface area (Å²) in [7, 11) is 0. The van der Waals surface area contributed by atoms with Crippen LogP contribution in [-0.4, -0.2) is 15.6 Å². The second-order valence-electron chi connectivity index (χ2n) is 4.46. The SMILES string of the molecule is O=C(O)CCn1c2[n+](c3ccccc31)CCC2.[Br-]. The molecule has 2 heterocycles. The predicted octanol–water partition coefficient (Wildman–Crippen LogP) is -1.65. The van der Waals surface area contributed by atoms with Crippen molar-refractivity contribution < 1.29 is 31.4 Å². The third-order valence-electron chi connectivity index (χ3n) is 3.42.